The van der Waals surface area contributed by atoms with Gasteiger partial charge in [-0.2, -0.15) is 0 Å². The van der Waals surface area contributed by atoms with Gasteiger partial charge >= 0.3 is 6.85 Å². The highest BCUT2D eigenvalue weighted by Crippen LogP contribution is 2.45. The molecule has 7 aromatic rings. The van der Waals surface area contributed by atoms with Crippen LogP contribution in [-0.4, -0.2) is 11.3 Å². The number of hydrogen-bond donors (Lipinski definition) is 0. The Hall–Kier alpha value is -5.02. The third kappa shape index (κ3) is 2.77. The molecule has 0 atom stereocenters. The first-order valence-electron chi connectivity index (χ1n) is 13.6. The van der Waals surface area contributed by atoms with Crippen LogP contribution in [0.2, 0.25) is 0 Å². The van der Waals surface area contributed by atoms with Gasteiger partial charge in [0.2, 0.25) is 0 Å². The molecule has 0 radical (unpaired) electrons. The van der Waals surface area contributed by atoms with Gasteiger partial charge in [-0.15, -0.1) is 0 Å². The SMILES string of the molecule is c1ccc(N(c2ccccc2)c2cc3c4c(c2)-c2cccc5c6ccccc6n(c25)B4c2ccccc2-3)cc1. The number of nitrogens with zero attached hydrogens (tertiary/aromatic N) is 2. The summed E-state index contributed by atoms with van der Waals surface area (Å²) in [5.41, 5.74) is 14.2. The molecule has 39 heavy (non-hydrogen) atoms. The molecule has 0 fully saturated rings. The van der Waals surface area contributed by atoms with Gasteiger partial charge in [0.05, 0.1) is 0 Å². The average molecular weight is 494 g/mol. The Balaban J connectivity index is 1.42. The summed E-state index contributed by atoms with van der Waals surface area (Å²) >= 11 is 0. The minimum atomic E-state index is 0.166. The predicted octanol–water partition coefficient (Wildman–Crippen LogP) is 7.88. The Morgan fingerprint density at radius 2 is 1.05 bits per heavy atom. The minimum absolute atomic E-state index is 0.166. The van der Waals surface area contributed by atoms with Crippen molar-refractivity contribution in [2.45, 2.75) is 0 Å². The van der Waals surface area contributed by atoms with Crippen LogP contribution in [0.15, 0.2) is 140 Å². The Morgan fingerprint density at radius 3 is 1.82 bits per heavy atom. The minimum Gasteiger partial charge on any atom is -0.375 e. The molecule has 180 valence electrons. The number of fused-ring (bicyclic) bond motifs is 8. The van der Waals surface area contributed by atoms with Gasteiger partial charge in [0.15, 0.2) is 0 Å². The van der Waals surface area contributed by atoms with Gasteiger partial charge in [-0.05, 0) is 70.1 Å². The van der Waals surface area contributed by atoms with E-state index in [1.54, 1.807) is 0 Å². The molecule has 0 saturated carbocycles. The van der Waals surface area contributed by atoms with E-state index in [4.69, 9.17) is 0 Å². The van der Waals surface area contributed by atoms with E-state index in [-0.39, 0.29) is 6.85 Å². The van der Waals surface area contributed by atoms with Crippen LogP contribution in [0, 0.1) is 0 Å². The second-order valence-electron chi connectivity index (χ2n) is 10.5. The van der Waals surface area contributed by atoms with E-state index in [1.807, 2.05) is 0 Å². The van der Waals surface area contributed by atoms with Crippen molar-refractivity contribution >= 4 is 56.6 Å². The highest BCUT2D eigenvalue weighted by molar-refractivity contribution is 6.91. The molecule has 0 bridgehead atoms. The third-order valence-corrected chi connectivity index (χ3v) is 8.55. The standard InChI is InChI=1S/C36H23BN2/c1-3-12-24(13-4-1)38(25-14-5-2-6-15-25)26-22-31-27-16-7-9-20-33(27)37-35(31)32(23-26)30-19-11-18-29-28-17-8-10-21-34(28)39(37)36(29)30/h1-23H. The maximum Gasteiger partial charge on any atom is 0.330 e. The van der Waals surface area contributed by atoms with E-state index in [1.165, 1.54) is 60.7 Å². The molecule has 3 heterocycles. The summed E-state index contributed by atoms with van der Waals surface area (Å²) in [4.78, 5) is 2.39. The summed E-state index contributed by atoms with van der Waals surface area (Å²) < 4.78 is 2.60. The van der Waals surface area contributed by atoms with Gasteiger partial charge in [0, 0.05) is 44.4 Å². The lowest BCUT2D eigenvalue weighted by atomic mass is 9.50. The zero-order chi connectivity index (χ0) is 25.5. The number of para-hydroxylation sites is 4. The first-order chi connectivity index (χ1) is 19.4. The molecule has 3 heteroatoms. The highest BCUT2D eigenvalue weighted by atomic mass is 15.1. The van der Waals surface area contributed by atoms with Gasteiger partial charge in [0.25, 0.3) is 0 Å². The van der Waals surface area contributed by atoms with Crippen molar-refractivity contribution in [3.63, 3.8) is 0 Å². The third-order valence-electron chi connectivity index (χ3n) is 8.55. The smallest absolute Gasteiger partial charge is 0.330 e. The summed E-state index contributed by atoms with van der Waals surface area (Å²) in [7, 11) is 0. The summed E-state index contributed by atoms with van der Waals surface area (Å²) in [5, 5.41) is 2.65. The van der Waals surface area contributed by atoms with Gasteiger partial charge in [0.1, 0.15) is 0 Å². The fourth-order valence-corrected chi connectivity index (χ4v) is 7.05. The topological polar surface area (TPSA) is 8.17 Å². The highest BCUT2D eigenvalue weighted by Gasteiger charge is 2.42. The molecule has 2 aliphatic rings. The van der Waals surface area contributed by atoms with Crippen molar-refractivity contribution in [3.05, 3.63) is 140 Å². The van der Waals surface area contributed by atoms with E-state index >= 15 is 0 Å². The van der Waals surface area contributed by atoms with Crippen LogP contribution in [0.25, 0.3) is 44.1 Å². The van der Waals surface area contributed by atoms with Crippen LogP contribution in [0.1, 0.15) is 0 Å². The van der Waals surface area contributed by atoms with E-state index in [2.05, 4.69) is 149 Å². The molecule has 0 spiro atoms. The molecule has 6 aromatic carbocycles. The largest absolute Gasteiger partial charge is 0.375 e. The molecule has 0 N–H and O–H groups in total. The van der Waals surface area contributed by atoms with E-state index in [9.17, 15) is 0 Å². The number of anilines is 3. The second kappa shape index (κ2) is 7.75. The zero-order valence-corrected chi connectivity index (χ0v) is 21.3. The lowest BCUT2D eigenvalue weighted by molar-refractivity contribution is 1.28. The number of rotatable bonds is 3. The van der Waals surface area contributed by atoms with Crippen LogP contribution < -0.4 is 15.8 Å². The molecule has 2 nitrogen and oxygen atoms in total. The zero-order valence-electron chi connectivity index (χ0n) is 21.3. The van der Waals surface area contributed by atoms with Crippen molar-refractivity contribution in [3.8, 4) is 22.3 Å². The predicted molar refractivity (Wildman–Crippen MR) is 165 cm³/mol. The second-order valence-corrected chi connectivity index (χ2v) is 10.5. The van der Waals surface area contributed by atoms with Crippen LogP contribution in [0.5, 0.6) is 0 Å². The monoisotopic (exact) mass is 494 g/mol. The van der Waals surface area contributed by atoms with Gasteiger partial charge in [-0.1, -0.05) is 97.1 Å². The summed E-state index contributed by atoms with van der Waals surface area (Å²) in [6.07, 6.45) is 0. The van der Waals surface area contributed by atoms with E-state index < -0.39 is 0 Å². The molecule has 0 unspecified atom stereocenters. The summed E-state index contributed by atoms with van der Waals surface area (Å²) in [6.45, 7) is 0.166. The lowest BCUT2D eigenvalue weighted by Crippen LogP contribution is -2.47. The van der Waals surface area contributed by atoms with Gasteiger partial charge in [-0.3, -0.25) is 0 Å². The Labute approximate surface area is 227 Å². The molecule has 0 amide bonds. The van der Waals surface area contributed by atoms with Crippen LogP contribution >= 0.6 is 0 Å². The van der Waals surface area contributed by atoms with Crippen LogP contribution in [0.4, 0.5) is 17.1 Å². The molecular weight excluding hydrogens is 471 g/mol. The first kappa shape index (κ1) is 21.0. The summed E-state index contributed by atoms with van der Waals surface area (Å²) in [5.74, 6) is 0. The Bertz CT molecular complexity index is 2040. The van der Waals surface area contributed by atoms with Crippen molar-refractivity contribution in [2.24, 2.45) is 0 Å². The number of aromatic nitrogens is 1. The lowest BCUT2D eigenvalue weighted by Gasteiger charge is -2.29. The van der Waals surface area contributed by atoms with Gasteiger partial charge < -0.3 is 9.38 Å². The van der Waals surface area contributed by atoms with Crippen LogP contribution in [0.3, 0.4) is 0 Å². The van der Waals surface area contributed by atoms with Crippen molar-refractivity contribution in [1.29, 1.82) is 0 Å². The first-order valence-corrected chi connectivity index (χ1v) is 13.6. The fourth-order valence-electron chi connectivity index (χ4n) is 7.05. The van der Waals surface area contributed by atoms with E-state index in [0.29, 0.717) is 0 Å². The number of benzene rings is 6. The quantitative estimate of drug-likeness (QED) is 0.227. The normalized spacial score (nSPS) is 12.6. The van der Waals surface area contributed by atoms with Gasteiger partial charge in [-0.25, -0.2) is 0 Å². The molecule has 2 aliphatic heterocycles. The maximum atomic E-state index is 2.60. The van der Waals surface area contributed by atoms with Crippen LogP contribution in [-0.2, 0) is 0 Å². The molecule has 0 aliphatic carbocycles. The molecule has 1 aromatic heterocycles. The molecule has 0 saturated heterocycles. The molecule has 9 rings (SSSR count). The summed E-state index contributed by atoms with van der Waals surface area (Å²) in [6, 6.07) is 51.0. The van der Waals surface area contributed by atoms with E-state index in [0.717, 1.165) is 11.4 Å². The fraction of sp³-hybridized carbons (Fsp3) is 0. The van der Waals surface area contributed by atoms with Crippen molar-refractivity contribution in [2.75, 3.05) is 4.90 Å². The molecular formula is C36H23BN2. The van der Waals surface area contributed by atoms with Crippen molar-refractivity contribution in [1.82, 2.24) is 4.48 Å². The number of hydrogen-bond acceptors (Lipinski definition) is 1. The Morgan fingerprint density at radius 1 is 0.462 bits per heavy atom. The van der Waals surface area contributed by atoms with Crippen molar-refractivity contribution < 1.29 is 0 Å². The average Bonchev–Trinajstić information content (AvgIpc) is 3.51. The maximum absolute atomic E-state index is 2.60. The Kier molecular flexibility index (Phi) is 4.17.